The summed E-state index contributed by atoms with van der Waals surface area (Å²) in [5.74, 6) is 1.45. The molecule has 7 nitrogen and oxygen atoms in total. The van der Waals surface area contributed by atoms with E-state index >= 15 is 0 Å². The molecule has 2 amide bonds. The molecule has 3 aromatic carbocycles. The topological polar surface area (TPSA) is 77.4 Å². The van der Waals surface area contributed by atoms with Crippen LogP contribution in [0.1, 0.15) is 5.56 Å². The van der Waals surface area contributed by atoms with Crippen molar-refractivity contribution >= 4 is 44.3 Å². The van der Waals surface area contributed by atoms with Crippen molar-refractivity contribution in [2.75, 3.05) is 26.6 Å². The molecule has 0 radical (unpaired) electrons. The van der Waals surface area contributed by atoms with E-state index in [0.717, 1.165) is 44.1 Å². The maximum Gasteiger partial charge on any atom is 0.318 e. The highest BCUT2D eigenvalue weighted by Gasteiger charge is 2.18. The van der Waals surface area contributed by atoms with Crippen LogP contribution in [0.15, 0.2) is 54.7 Å². The average molecular weight is 455 g/mol. The van der Waals surface area contributed by atoms with Gasteiger partial charge in [-0.2, -0.15) is 0 Å². The molecule has 2 N–H and O–H groups in total. The monoisotopic (exact) mass is 454 g/mol. The van der Waals surface area contributed by atoms with Gasteiger partial charge in [-0.05, 0) is 60.3 Å². The van der Waals surface area contributed by atoms with Gasteiger partial charge in [-0.25, -0.2) is 4.79 Å². The molecule has 5 rings (SSSR count). The molecule has 0 saturated carbocycles. The van der Waals surface area contributed by atoms with Crippen molar-refractivity contribution in [2.24, 2.45) is 7.05 Å². The van der Waals surface area contributed by atoms with Gasteiger partial charge in [0, 0.05) is 59.3 Å². The number of nitrogens with one attached hydrogen (secondary N) is 2. The molecule has 5 aromatic rings. The molecular formula is C27H26N4O3. The fourth-order valence-corrected chi connectivity index (χ4v) is 4.77. The molecule has 2 aromatic heterocycles. The molecule has 7 heteroatoms. The van der Waals surface area contributed by atoms with Crippen molar-refractivity contribution < 1.29 is 14.3 Å². The van der Waals surface area contributed by atoms with Gasteiger partial charge >= 0.3 is 6.03 Å². The summed E-state index contributed by atoms with van der Waals surface area (Å²) in [5.41, 5.74) is 5.83. The Morgan fingerprint density at radius 2 is 1.76 bits per heavy atom. The van der Waals surface area contributed by atoms with Crippen LogP contribution < -0.4 is 20.1 Å². The second kappa shape index (κ2) is 8.26. The fourth-order valence-electron chi connectivity index (χ4n) is 4.77. The molecule has 0 atom stereocenters. The number of benzene rings is 3. The van der Waals surface area contributed by atoms with Crippen LogP contribution in [-0.2, 0) is 7.05 Å². The quantitative estimate of drug-likeness (QED) is 0.369. The number of ether oxygens (including phenoxy) is 2. The molecule has 2 heterocycles. The standard InChI is InChI=1S/C27H26N4O3/c1-15-18-10-11-29-25(19-8-6-16(12-24(19)34-5)30-27(32)28-2)21(18)14-22-20-13-17(33-4)7-9-23(20)31(3)26(15)22/h6-14H,1-5H3,(H2,28,30,32). The number of pyridine rings is 1. The zero-order chi connectivity index (χ0) is 24.0. The summed E-state index contributed by atoms with van der Waals surface area (Å²) in [6.45, 7) is 2.15. The zero-order valence-electron chi connectivity index (χ0n) is 19.8. The number of aryl methyl sites for hydroxylation is 2. The van der Waals surface area contributed by atoms with Crippen LogP contribution in [0.4, 0.5) is 10.5 Å². The molecule has 34 heavy (non-hydrogen) atoms. The van der Waals surface area contributed by atoms with Gasteiger partial charge < -0.3 is 24.7 Å². The summed E-state index contributed by atoms with van der Waals surface area (Å²) < 4.78 is 13.4. The van der Waals surface area contributed by atoms with Crippen molar-refractivity contribution in [1.29, 1.82) is 0 Å². The molecule has 0 saturated heterocycles. The number of nitrogens with zero attached hydrogens (tertiary/aromatic N) is 2. The van der Waals surface area contributed by atoms with Gasteiger partial charge in [-0.3, -0.25) is 4.98 Å². The summed E-state index contributed by atoms with van der Waals surface area (Å²) in [7, 11) is 6.98. The van der Waals surface area contributed by atoms with Crippen molar-refractivity contribution in [3.8, 4) is 22.8 Å². The van der Waals surface area contributed by atoms with Crippen LogP contribution in [0.3, 0.4) is 0 Å². The number of aromatic nitrogens is 2. The van der Waals surface area contributed by atoms with E-state index in [-0.39, 0.29) is 6.03 Å². The number of carbonyl (C=O) groups excluding carboxylic acids is 1. The molecule has 0 spiro atoms. The van der Waals surface area contributed by atoms with E-state index in [1.807, 2.05) is 24.4 Å². The van der Waals surface area contributed by atoms with Gasteiger partial charge in [0.2, 0.25) is 0 Å². The van der Waals surface area contributed by atoms with Crippen LogP contribution in [0, 0.1) is 6.92 Å². The Labute approximate surface area is 197 Å². The zero-order valence-corrected chi connectivity index (χ0v) is 19.8. The summed E-state index contributed by atoms with van der Waals surface area (Å²) in [4.78, 5) is 16.5. The average Bonchev–Trinajstić information content (AvgIpc) is 3.15. The van der Waals surface area contributed by atoms with Crippen LogP contribution >= 0.6 is 0 Å². The Morgan fingerprint density at radius 3 is 2.50 bits per heavy atom. The second-order valence-electron chi connectivity index (χ2n) is 8.21. The van der Waals surface area contributed by atoms with E-state index in [1.54, 1.807) is 27.3 Å². The minimum Gasteiger partial charge on any atom is -0.497 e. The Bertz CT molecular complexity index is 1590. The lowest BCUT2D eigenvalue weighted by molar-refractivity contribution is 0.254. The molecule has 0 fully saturated rings. The molecule has 0 unspecified atom stereocenters. The number of amides is 2. The van der Waals surface area contributed by atoms with Gasteiger partial charge in [-0.15, -0.1) is 0 Å². The predicted molar refractivity (Wildman–Crippen MR) is 137 cm³/mol. The van der Waals surface area contributed by atoms with E-state index in [1.165, 1.54) is 11.1 Å². The summed E-state index contributed by atoms with van der Waals surface area (Å²) in [6.07, 6.45) is 1.83. The third kappa shape index (κ3) is 3.28. The third-order valence-electron chi connectivity index (χ3n) is 6.43. The number of fused-ring (bicyclic) bond motifs is 4. The van der Waals surface area contributed by atoms with Gasteiger partial charge in [0.15, 0.2) is 0 Å². The van der Waals surface area contributed by atoms with Gasteiger partial charge in [-0.1, -0.05) is 0 Å². The predicted octanol–water partition coefficient (Wildman–Crippen LogP) is 5.62. The highest BCUT2D eigenvalue weighted by Crippen LogP contribution is 2.41. The van der Waals surface area contributed by atoms with Gasteiger partial charge in [0.1, 0.15) is 11.5 Å². The molecule has 0 aliphatic heterocycles. The maximum absolute atomic E-state index is 11.7. The highest BCUT2D eigenvalue weighted by molar-refractivity contribution is 6.16. The van der Waals surface area contributed by atoms with Crippen molar-refractivity contribution in [3.05, 3.63) is 60.3 Å². The maximum atomic E-state index is 11.7. The van der Waals surface area contributed by atoms with Crippen molar-refractivity contribution in [3.63, 3.8) is 0 Å². The van der Waals surface area contributed by atoms with Crippen LogP contribution in [0.2, 0.25) is 0 Å². The van der Waals surface area contributed by atoms with E-state index in [4.69, 9.17) is 14.5 Å². The van der Waals surface area contributed by atoms with E-state index < -0.39 is 0 Å². The van der Waals surface area contributed by atoms with Crippen molar-refractivity contribution in [2.45, 2.75) is 6.92 Å². The number of urea groups is 1. The number of methoxy groups -OCH3 is 2. The first-order valence-corrected chi connectivity index (χ1v) is 11.0. The Kier molecular flexibility index (Phi) is 5.24. The van der Waals surface area contributed by atoms with Crippen LogP contribution in [0.25, 0.3) is 43.8 Å². The first kappa shape index (κ1) is 21.6. The minimum absolute atomic E-state index is 0.289. The van der Waals surface area contributed by atoms with E-state index in [2.05, 4.69) is 53.4 Å². The Balaban J connectivity index is 1.79. The van der Waals surface area contributed by atoms with Crippen LogP contribution in [0.5, 0.6) is 11.5 Å². The molecule has 172 valence electrons. The SMILES string of the molecule is CNC(=O)Nc1ccc(-c2nccc3c(C)c4c(cc23)c2cc(OC)ccc2n4C)c(OC)c1. The highest BCUT2D eigenvalue weighted by atomic mass is 16.5. The molecule has 0 bridgehead atoms. The lowest BCUT2D eigenvalue weighted by Crippen LogP contribution is -2.24. The Hall–Kier alpha value is -4.26. The lowest BCUT2D eigenvalue weighted by Gasteiger charge is -2.14. The van der Waals surface area contributed by atoms with Crippen molar-refractivity contribution in [1.82, 2.24) is 14.9 Å². The fraction of sp³-hybridized carbons (Fsp3) is 0.185. The lowest BCUT2D eigenvalue weighted by atomic mass is 9.97. The van der Waals surface area contributed by atoms with Gasteiger partial charge in [0.25, 0.3) is 0 Å². The summed E-state index contributed by atoms with van der Waals surface area (Å²) in [6, 6.07) is 15.7. The number of carbonyl (C=O) groups is 1. The smallest absolute Gasteiger partial charge is 0.318 e. The number of hydrogen-bond acceptors (Lipinski definition) is 4. The first-order valence-electron chi connectivity index (χ1n) is 11.0. The molecule has 0 aliphatic carbocycles. The Morgan fingerprint density at radius 1 is 0.941 bits per heavy atom. The van der Waals surface area contributed by atoms with E-state index in [0.29, 0.717) is 11.4 Å². The number of rotatable bonds is 4. The third-order valence-corrected chi connectivity index (χ3v) is 6.43. The normalized spacial score (nSPS) is 11.2. The number of hydrogen-bond donors (Lipinski definition) is 2. The largest absolute Gasteiger partial charge is 0.497 e. The van der Waals surface area contributed by atoms with E-state index in [9.17, 15) is 4.79 Å². The summed E-state index contributed by atoms with van der Waals surface area (Å²) in [5, 5.41) is 9.78. The molecular weight excluding hydrogens is 428 g/mol. The number of anilines is 1. The molecule has 0 aliphatic rings. The second-order valence-corrected chi connectivity index (χ2v) is 8.21. The van der Waals surface area contributed by atoms with Gasteiger partial charge in [0.05, 0.1) is 25.4 Å². The van der Waals surface area contributed by atoms with Crippen LogP contribution in [-0.4, -0.2) is 36.8 Å². The summed E-state index contributed by atoms with van der Waals surface area (Å²) >= 11 is 0. The minimum atomic E-state index is -0.289. The first-order chi connectivity index (χ1) is 16.5.